The van der Waals surface area contributed by atoms with Crippen LogP contribution >= 0.6 is 35.3 Å². The fourth-order valence-electron chi connectivity index (χ4n) is 1.51. The highest BCUT2D eigenvalue weighted by atomic mass is 32.2. The maximum Gasteiger partial charge on any atom is 0.266 e. The van der Waals surface area contributed by atoms with Crippen molar-refractivity contribution in [2.75, 3.05) is 6.61 Å². The molecule has 19 heavy (non-hydrogen) atoms. The van der Waals surface area contributed by atoms with Gasteiger partial charge in [0.05, 0.1) is 17.5 Å². The first-order valence-electron chi connectivity index (χ1n) is 5.17. The number of carboxylic acids is 1. The molecular weight excluding hydrogens is 306 g/mol. The van der Waals surface area contributed by atoms with E-state index < -0.39 is 24.5 Å². The van der Waals surface area contributed by atoms with E-state index in [0.29, 0.717) is 4.91 Å². The molecule has 0 spiro atoms. The number of hydrogen-bond acceptors (Lipinski definition) is 7. The predicted octanol–water partition coefficient (Wildman–Crippen LogP) is 0.0601. The molecule has 1 aromatic rings. The Balaban J connectivity index is 2.28. The third-order valence-electron chi connectivity index (χ3n) is 2.40. The first kappa shape index (κ1) is 14.2. The molecule has 1 aliphatic heterocycles. The van der Waals surface area contributed by atoms with Gasteiger partial charge < -0.3 is 15.0 Å². The summed E-state index contributed by atoms with van der Waals surface area (Å²) >= 11 is 7.45. The zero-order valence-corrected chi connectivity index (χ0v) is 11.9. The second-order valence-corrected chi connectivity index (χ2v) is 6.24. The van der Waals surface area contributed by atoms with E-state index in [9.17, 15) is 14.7 Å². The van der Waals surface area contributed by atoms with E-state index in [1.54, 1.807) is 6.08 Å². The molecule has 0 radical (unpaired) electrons. The number of carbonyl (C=O) groups excluding carboxylic acids is 2. The zero-order chi connectivity index (χ0) is 14.0. The third kappa shape index (κ3) is 2.86. The first-order chi connectivity index (χ1) is 9.04. The number of aliphatic hydroxyl groups is 1. The summed E-state index contributed by atoms with van der Waals surface area (Å²) in [4.78, 5) is 25.1. The summed E-state index contributed by atoms with van der Waals surface area (Å²) in [5, 5.41) is 21.8. The standard InChI is InChI=1S/C11H9NO4S3/c13-5-7(10(15)16)12-9(14)8(19-11(12)17)4-6-2-1-3-18-6/h1-4,7,13H,5H2,(H,15,16)/p-1/b8-4+/t7-/m0/s1. The second-order valence-electron chi connectivity index (χ2n) is 3.58. The molecule has 2 rings (SSSR count). The molecule has 1 N–H and O–H groups in total. The van der Waals surface area contributed by atoms with Crippen molar-refractivity contribution in [2.24, 2.45) is 0 Å². The fourth-order valence-corrected chi connectivity index (χ4v) is 3.59. The van der Waals surface area contributed by atoms with Gasteiger partial charge in [0.1, 0.15) is 10.4 Å². The van der Waals surface area contributed by atoms with Crippen LogP contribution in [0.4, 0.5) is 0 Å². The summed E-state index contributed by atoms with van der Waals surface area (Å²) in [6.45, 7) is -0.735. The molecule has 5 nitrogen and oxygen atoms in total. The van der Waals surface area contributed by atoms with Gasteiger partial charge in [-0.25, -0.2) is 0 Å². The molecular formula is C11H8NO4S3-. The van der Waals surface area contributed by atoms with E-state index >= 15 is 0 Å². The van der Waals surface area contributed by atoms with Crippen LogP contribution in [0.5, 0.6) is 0 Å². The van der Waals surface area contributed by atoms with E-state index in [0.717, 1.165) is 21.5 Å². The lowest BCUT2D eigenvalue weighted by molar-refractivity contribution is -0.311. The summed E-state index contributed by atoms with van der Waals surface area (Å²) in [7, 11) is 0. The lowest BCUT2D eigenvalue weighted by Gasteiger charge is -2.25. The maximum atomic E-state index is 12.1. The first-order valence-corrected chi connectivity index (χ1v) is 7.27. The van der Waals surface area contributed by atoms with E-state index in [-0.39, 0.29) is 4.32 Å². The van der Waals surface area contributed by atoms with Crippen molar-refractivity contribution in [2.45, 2.75) is 6.04 Å². The summed E-state index contributed by atoms with van der Waals surface area (Å²) in [5.74, 6) is -2.05. The Morgan fingerprint density at radius 2 is 2.37 bits per heavy atom. The minimum Gasteiger partial charge on any atom is -0.548 e. The van der Waals surface area contributed by atoms with Crippen LogP contribution in [-0.4, -0.2) is 38.9 Å². The van der Waals surface area contributed by atoms with E-state index in [2.05, 4.69) is 0 Å². The van der Waals surface area contributed by atoms with Gasteiger partial charge in [0, 0.05) is 4.88 Å². The molecule has 1 aromatic heterocycles. The number of aliphatic carboxylic acids is 1. The van der Waals surface area contributed by atoms with Gasteiger partial charge in [-0.15, -0.1) is 11.3 Å². The number of amides is 1. The Morgan fingerprint density at radius 3 is 2.89 bits per heavy atom. The molecule has 1 fully saturated rings. The number of nitrogens with zero attached hydrogens (tertiary/aromatic N) is 1. The van der Waals surface area contributed by atoms with E-state index in [1.165, 1.54) is 11.3 Å². The highest BCUT2D eigenvalue weighted by Gasteiger charge is 2.37. The summed E-state index contributed by atoms with van der Waals surface area (Å²) in [5.41, 5.74) is 0. The van der Waals surface area contributed by atoms with E-state index in [1.807, 2.05) is 17.5 Å². The molecule has 1 amide bonds. The zero-order valence-electron chi connectivity index (χ0n) is 9.44. The van der Waals surface area contributed by atoms with Crippen LogP contribution in [-0.2, 0) is 9.59 Å². The van der Waals surface area contributed by atoms with Crippen molar-refractivity contribution in [3.8, 4) is 0 Å². The van der Waals surface area contributed by atoms with Gasteiger partial charge in [-0.2, -0.15) is 0 Å². The Morgan fingerprint density at radius 1 is 1.63 bits per heavy atom. The number of thioether (sulfide) groups is 1. The Labute approximate surface area is 122 Å². The van der Waals surface area contributed by atoms with Crippen LogP contribution in [0.15, 0.2) is 22.4 Å². The van der Waals surface area contributed by atoms with Gasteiger partial charge in [-0.3, -0.25) is 9.69 Å². The summed E-state index contributed by atoms with van der Waals surface area (Å²) in [6.07, 6.45) is 1.65. The van der Waals surface area contributed by atoms with Crippen LogP contribution < -0.4 is 5.11 Å². The van der Waals surface area contributed by atoms with Crippen molar-refractivity contribution in [3.63, 3.8) is 0 Å². The van der Waals surface area contributed by atoms with Gasteiger partial charge >= 0.3 is 0 Å². The summed E-state index contributed by atoms with van der Waals surface area (Å²) in [6, 6.07) is 2.23. The summed E-state index contributed by atoms with van der Waals surface area (Å²) < 4.78 is 0.107. The smallest absolute Gasteiger partial charge is 0.266 e. The van der Waals surface area contributed by atoms with Gasteiger partial charge in [-0.05, 0) is 17.5 Å². The van der Waals surface area contributed by atoms with Crippen molar-refractivity contribution < 1.29 is 19.8 Å². The normalized spacial score (nSPS) is 19.2. The molecule has 1 saturated heterocycles. The molecule has 1 atom stereocenters. The number of thiophene rings is 1. The largest absolute Gasteiger partial charge is 0.548 e. The van der Waals surface area contributed by atoms with Crippen LogP contribution in [0.3, 0.4) is 0 Å². The molecule has 100 valence electrons. The number of hydrogen-bond donors (Lipinski definition) is 1. The average molecular weight is 314 g/mol. The molecule has 0 unspecified atom stereocenters. The van der Waals surface area contributed by atoms with Crippen molar-refractivity contribution in [3.05, 3.63) is 27.3 Å². The second kappa shape index (κ2) is 5.83. The Bertz CT molecular complexity index is 552. The van der Waals surface area contributed by atoms with Gasteiger partial charge in [-0.1, -0.05) is 30.0 Å². The minimum atomic E-state index is -1.53. The molecule has 0 bridgehead atoms. The number of rotatable bonds is 4. The van der Waals surface area contributed by atoms with Crippen molar-refractivity contribution in [1.82, 2.24) is 4.90 Å². The van der Waals surface area contributed by atoms with Gasteiger partial charge in [0.2, 0.25) is 0 Å². The average Bonchev–Trinajstić information content (AvgIpc) is 2.94. The lowest BCUT2D eigenvalue weighted by atomic mass is 10.2. The van der Waals surface area contributed by atoms with E-state index in [4.69, 9.17) is 17.3 Å². The van der Waals surface area contributed by atoms with Gasteiger partial charge in [0.25, 0.3) is 5.91 Å². The number of carboxylic acid groups (broad SMARTS) is 1. The maximum absolute atomic E-state index is 12.1. The molecule has 0 saturated carbocycles. The van der Waals surface area contributed by atoms with Gasteiger partial charge in [0.15, 0.2) is 0 Å². The minimum absolute atomic E-state index is 0.107. The Hall–Kier alpha value is -1.22. The molecule has 0 aromatic carbocycles. The fraction of sp³-hybridized carbons (Fsp3) is 0.182. The van der Waals surface area contributed by atoms with Crippen LogP contribution in [0, 0.1) is 0 Å². The molecule has 0 aliphatic carbocycles. The third-order valence-corrected chi connectivity index (χ3v) is 4.55. The highest BCUT2D eigenvalue weighted by molar-refractivity contribution is 8.26. The lowest BCUT2D eigenvalue weighted by Crippen LogP contribution is -2.51. The van der Waals surface area contributed by atoms with Crippen LogP contribution in [0.2, 0.25) is 0 Å². The molecule has 8 heteroatoms. The predicted molar refractivity (Wildman–Crippen MR) is 75.2 cm³/mol. The molecule has 1 aliphatic rings. The van der Waals surface area contributed by atoms with Crippen molar-refractivity contribution in [1.29, 1.82) is 0 Å². The van der Waals surface area contributed by atoms with Crippen molar-refractivity contribution >= 4 is 57.6 Å². The number of aliphatic hydroxyl groups excluding tert-OH is 1. The quantitative estimate of drug-likeness (QED) is 0.625. The van der Waals surface area contributed by atoms with Crippen LogP contribution in [0.1, 0.15) is 4.88 Å². The number of carbonyl (C=O) groups is 2. The molecule has 2 heterocycles. The topological polar surface area (TPSA) is 80.7 Å². The Kier molecular flexibility index (Phi) is 4.35. The van der Waals surface area contributed by atoms with Crippen LogP contribution in [0.25, 0.3) is 6.08 Å². The number of thiocarbonyl (C=S) groups is 1. The monoisotopic (exact) mass is 314 g/mol. The SMILES string of the molecule is O=C([O-])[C@H](CO)N1C(=O)/C(=C\c2cccs2)SC1=S. The highest BCUT2D eigenvalue weighted by Crippen LogP contribution is 2.34.